The van der Waals surface area contributed by atoms with Crippen molar-refractivity contribution in [3.05, 3.63) is 58.6 Å². The summed E-state index contributed by atoms with van der Waals surface area (Å²) in [6.07, 6.45) is 0. The van der Waals surface area contributed by atoms with E-state index in [0.29, 0.717) is 21.8 Å². The number of aromatic nitrogens is 2. The SMILES string of the molecule is Cc1ccc(Cl)cc1NC(=O)C(C)Sc1nnc(-c2ccc(C(C)(C)C)cc2)o1. The van der Waals surface area contributed by atoms with Crippen molar-refractivity contribution >= 4 is 35.0 Å². The summed E-state index contributed by atoms with van der Waals surface area (Å²) >= 11 is 7.23. The first-order valence-electron chi connectivity index (χ1n) is 9.31. The largest absolute Gasteiger partial charge is 0.411 e. The smallest absolute Gasteiger partial charge is 0.277 e. The second-order valence-electron chi connectivity index (χ2n) is 7.91. The Morgan fingerprint density at radius 2 is 1.83 bits per heavy atom. The summed E-state index contributed by atoms with van der Waals surface area (Å²) in [6, 6.07) is 13.5. The molecule has 7 heteroatoms. The fourth-order valence-electron chi connectivity index (χ4n) is 2.65. The van der Waals surface area contributed by atoms with Gasteiger partial charge in [-0.3, -0.25) is 4.79 Å². The van der Waals surface area contributed by atoms with E-state index >= 15 is 0 Å². The molecule has 0 saturated heterocycles. The predicted octanol–water partition coefficient (Wildman–Crippen LogP) is 6.12. The monoisotopic (exact) mass is 429 g/mol. The third-order valence-electron chi connectivity index (χ3n) is 4.51. The molecule has 3 aromatic rings. The van der Waals surface area contributed by atoms with Gasteiger partial charge in [-0.2, -0.15) is 0 Å². The number of hydrogen-bond donors (Lipinski definition) is 1. The Labute approximate surface area is 180 Å². The molecule has 1 N–H and O–H groups in total. The lowest BCUT2D eigenvalue weighted by Gasteiger charge is -2.18. The molecular weight excluding hydrogens is 406 g/mol. The van der Waals surface area contributed by atoms with Gasteiger partial charge in [0.2, 0.25) is 11.8 Å². The number of hydrogen-bond acceptors (Lipinski definition) is 5. The highest BCUT2D eigenvalue weighted by Crippen LogP contribution is 2.29. The molecule has 2 aromatic carbocycles. The summed E-state index contributed by atoms with van der Waals surface area (Å²) < 4.78 is 5.75. The van der Waals surface area contributed by atoms with Crippen LogP contribution in [0.4, 0.5) is 5.69 Å². The van der Waals surface area contributed by atoms with Crippen LogP contribution in [0.1, 0.15) is 38.8 Å². The average molecular weight is 430 g/mol. The zero-order valence-corrected chi connectivity index (χ0v) is 18.7. The van der Waals surface area contributed by atoms with Crippen LogP contribution >= 0.6 is 23.4 Å². The minimum absolute atomic E-state index is 0.0819. The number of aryl methyl sites for hydroxylation is 1. The zero-order chi connectivity index (χ0) is 21.2. The number of amides is 1. The van der Waals surface area contributed by atoms with Crippen molar-refractivity contribution in [2.24, 2.45) is 0 Å². The van der Waals surface area contributed by atoms with E-state index in [1.807, 2.05) is 25.1 Å². The van der Waals surface area contributed by atoms with Crippen molar-refractivity contribution in [2.75, 3.05) is 5.32 Å². The van der Waals surface area contributed by atoms with Gasteiger partial charge in [-0.15, -0.1) is 10.2 Å². The van der Waals surface area contributed by atoms with Gasteiger partial charge in [-0.25, -0.2) is 0 Å². The van der Waals surface area contributed by atoms with E-state index in [1.54, 1.807) is 19.1 Å². The molecule has 0 fully saturated rings. The maximum atomic E-state index is 12.5. The van der Waals surface area contributed by atoms with Crippen LogP contribution in [0.2, 0.25) is 5.02 Å². The summed E-state index contributed by atoms with van der Waals surface area (Å²) in [7, 11) is 0. The van der Waals surface area contributed by atoms with Gasteiger partial charge in [-0.05, 0) is 54.7 Å². The van der Waals surface area contributed by atoms with E-state index in [0.717, 1.165) is 11.1 Å². The lowest BCUT2D eigenvalue weighted by molar-refractivity contribution is -0.115. The molecule has 0 aliphatic rings. The molecule has 0 saturated carbocycles. The van der Waals surface area contributed by atoms with Gasteiger partial charge in [0.15, 0.2) is 0 Å². The molecule has 3 rings (SSSR count). The van der Waals surface area contributed by atoms with Gasteiger partial charge < -0.3 is 9.73 Å². The molecule has 1 amide bonds. The second kappa shape index (κ2) is 8.59. The normalized spacial score (nSPS) is 12.6. The summed E-state index contributed by atoms with van der Waals surface area (Å²) in [6.45, 7) is 10.2. The third-order valence-corrected chi connectivity index (χ3v) is 5.68. The number of nitrogens with zero attached hydrogens (tertiary/aromatic N) is 2. The van der Waals surface area contributed by atoms with Crippen molar-refractivity contribution in [1.29, 1.82) is 0 Å². The van der Waals surface area contributed by atoms with Gasteiger partial charge in [0.25, 0.3) is 5.22 Å². The Bertz CT molecular complexity index is 1010. The molecule has 0 radical (unpaired) electrons. The Balaban J connectivity index is 1.66. The van der Waals surface area contributed by atoms with E-state index in [1.165, 1.54) is 17.3 Å². The average Bonchev–Trinajstić information content (AvgIpc) is 3.12. The molecule has 0 aliphatic heterocycles. The van der Waals surface area contributed by atoms with Gasteiger partial charge in [0.05, 0.1) is 5.25 Å². The van der Waals surface area contributed by atoms with Crippen molar-refractivity contribution < 1.29 is 9.21 Å². The lowest BCUT2D eigenvalue weighted by atomic mass is 9.87. The van der Waals surface area contributed by atoms with Gasteiger partial charge in [-0.1, -0.05) is 62.3 Å². The van der Waals surface area contributed by atoms with E-state index in [9.17, 15) is 4.79 Å². The van der Waals surface area contributed by atoms with Gasteiger partial charge >= 0.3 is 0 Å². The van der Waals surface area contributed by atoms with E-state index < -0.39 is 5.25 Å². The Morgan fingerprint density at radius 3 is 2.48 bits per heavy atom. The number of thioether (sulfide) groups is 1. The number of carbonyl (C=O) groups excluding carboxylic acids is 1. The Kier molecular flexibility index (Phi) is 6.34. The van der Waals surface area contributed by atoms with Crippen LogP contribution in [-0.2, 0) is 10.2 Å². The standard InChI is InChI=1S/C22H24ClN3O2S/c1-13-6-11-17(23)12-18(13)24-19(27)14(2)29-21-26-25-20(28-21)15-7-9-16(10-8-15)22(3,4)5/h6-12,14H,1-5H3,(H,24,27). The Morgan fingerprint density at radius 1 is 1.14 bits per heavy atom. The topological polar surface area (TPSA) is 68.0 Å². The number of halogens is 1. The maximum absolute atomic E-state index is 12.5. The molecule has 0 spiro atoms. The van der Waals surface area contributed by atoms with E-state index in [4.69, 9.17) is 16.0 Å². The molecular formula is C22H24ClN3O2S. The van der Waals surface area contributed by atoms with E-state index in [-0.39, 0.29) is 11.3 Å². The van der Waals surface area contributed by atoms with Crippen LogP contribution in [-0.4, -0.2) is 21.4 Å². The number of anilines is 1. The lowest BCUT2D eigenvalue weighted by Crippen LogP contribution is -2.22. The molecule has 1 aromatic heterocycles. The highest BCUT2D eigenvalue weighted by atomic mass is 35.5. The van der Waals surface area contributed by atoms with Gasteiger partial charge in [0.1, 0.15) is 0 Å². The van der Waals surface area contributed by atoms with Crippen LogP contribution in [0.15, 0.2) is 52.1 Å². The minimum atomic E-state index is -0.412. The Hall–Kier alpha value is -2.31. The van der Waals surface area contributed by atoms with Crippen LogP contribution < -0.4 is 5.32 Å². The highest BCUT2D eigenvalue weighted by molar-refractivity contribution is 8.00. The summed E-state index contributed by atoms with van der Waals surface area (Å²) in [5.41, 5.74) is 3.80. The number of rotatable bonds is 5. The number of benzene rings is 2. The molecule has 1 heterocycles. The second-order valence-corrected chi connectivity index (χ2v) is 9.64. The fraction of sp³-hybridized carbons (Fsp3) is 0.318. The maximum Gasteiger partial charge on any atom is 0.277 e. The highest BCUT2D eigenvalue weighted by Gasteiger charge is 2.20. The van der Waals surface area contributed by atoms with Crippen molar-refractivity contribution in [3.8, 4) is 11.5 Å². The predicted molar refractivity (Wildman–Crippen MR) is 119 cm³/mol. The van der Waals surface area contributed by atoms with Crippen LogP contribution in [0, 0.1) is 6.92 Å². The van der Waals surface area contributed by atoms with Crippen LogP contribution in [0.5, 0.6) is 0 Å². The first kappa shape index (κ1) is 21.4. The molecule has 0 bridgehead atoms. The number of nitrogens with one attached hydrogen (secondary N) is 1. The summed E-state index contributed by atoms with van der Waals surface area (Å²) in [5.74, 6) is 0.279. The molecule has 5 nitrogen and oxygen atoms in total. The number of carbonyl (C=O) groups is 1. The van der Waals surface area contributed by atoms with Crippen LogP contribution in [0.3, 0.4) is 0 Å². The molecule has 1 atom stereocenters. The third kappa shape index (κ3) is 5.40. The first-order chi connectivity index (χ1) is 13.6. The van der Waals surface area contributed by atoms with Crippen molar-refractivity contribution in [3.63, 3.8) is 0 Å². The first-order valence-corrected chi connectivity index (χ1v) is 10.6. The minimum Gasteiger partial charge on any atom is -0.411 e. The zero-order valence-electron chi connectivity index (χ0n) is 17.1. The summed E-state index contributed by atoms with van der Waals surface area (Å²) in [5, 5.41) is 11.6. The quantitative estimate of drug-likeness (QED) is 0.495. The van der Waals surface area contributed by atoms with Crippen molar-refractivity contribution in [2.45, 2.75) is 50.5 Å². The molecule has 152 valence electrons. The summed E-state index contributed by atoms with van der Waals surface area (Å²) in [4.78, 5) is 12.5. The fourth-order valence-corrected chi connectivity index (χ4v) is 3.51. The molecule has 1 unspecified atom stereocenters. The molecule has 29 heavy (non-hydrogen) atoms. The van der Waals surface area contributed by atoms with Crippen molar-refractivity contribution in [1.82, 2.24) is 10.2 Å². The van der Waals surface area contributed by atoms with Gasteiger partial charge in [0, 0.05) is 16.3 Å². The van der Waals surface area contributed by atoms with Crippen LogP contribution in [0.25, 0.3) is 11.5 Å². The molecule has 0 aliphatic carbocycles. The van der Waals surface area contributed by atoms with E-state index in [2.05, 4.69) is 48.4 Å².